The zero-order valence-corrected chi connectivity index (χ0v) is 12.8. The number of benzene rings is 1. The highest BCUT2D eigenvalue weighted by Gasteiger charge is 2.14. The molecule has 1 rings (SSSR count). The quantitative estimate of drug-likeness (QED) is 0.453. The number of rotatable bonds is 7. The Morgan fingerprint density at radius 1 is 1.09 bits per heavy atom. The van der Waals surface area contributed by atoms with Gasteiger partial charge in [0, 0.05) is 22.8 Å². The van der Waals surface area contributed by atoms with E-state index in [2.05, 4.69) is 0 Å². The number of aliphatic carboxylic acids is 2. The summed E-state index contributed by atoms with van der Waals surface area (Å²) >= 11 is 0. The van der Waals surface area contributed by atoms with Crippen molar-refractivity contribution in [1.29, 1.82) is 0 Å². The smallest absolute Gasteiger partial charge is 0.330 e. The van der Waals surface area contributed by atoms with Gasteiger partial charge in [-0.05, 0) is 32.3 Å². The predicted molar refractivity (Wildman–Crippen MR) is 83.3 cm³/mol. The number of carbonyl (C=O) groups is 2. The highest BCUT2D eigenvalue weighted by atomic mass is 16.6. The minimum absolute atomic E-state index is 0.113. The molecule has 1 aromatic rings. The average Bonchev–Trinajstić information content (AvgIpc) is 2.49. The summed E-state index contributed by atoms with van der Waals surface area (Å²) in [6.07, 6.45) is 3.30. The van der Waals surface area contributed by atoms with Crippen LogP contribution in [-0.2, 0) is 22.4 Å². The first-order valence-corrected chi connectivity index (χ1v) is 6.78. The Labute approximate surface area is 132 Å². The Morgan fingerprint density at radius 2 is 1.61 bits per heavy atom. The molecule has 2 N–H and O–H groups in total. The second-order valence-corrected chi connectivity index (χ2v) is 5.01. The largest absolute Gasteiger partial charge is 0.478 e. The molecule has 7 heteroatoms. The summed E-state index contributed by atoms with van der Waals surface area (Å²) in [5, 5.41) is 28.7. The second-order valence-electron chi connectivity index (χ2n) is 5.01. The third-order valence-electron chi connectivity index (χ3n) is 3.29. The topological polar surface area (TPSA) is 118 Å². The first-order valence-electron chi connectivity index (χ1n) is 6.78. The van der Waals surface area contributed by atoms with Crippen molar-refractivity contribution in [2.75, 3.05) is 0 Å². The van der Waals surface area contributed by atoms with Crippen LogP contribution >= 0.6 is 0 Å². The monoisotopic (exact) mass is 319 g/mol. The van der Waals surface area contributed by atoms with Crippen LogP contribution in [-0.4, -0.2) is 27.1 Å². The number of nitrogens with zero attached hydrogens (tertiary/aromatic N) is 1. The van der Waals surface area contributed by atoms with Gasteiger partial charge < -0.3 is 10.2 Å². The zero-order valence-electron chi connectivity index (χ0n) is 12.8. The van der Waals surface area contributed by atoms with Crippen LogP contribution in [0.4, 0.5) is 5.69 Å². The van der Waals surface area contributed by atoms with Gasteiger partial charge in [-0.25, -0.2) is 9.59 Å². The van der Waals surface area contributed by atoms with E-state index >= 15 is 0 Å². The lowest BCUT2D eigenvalue weighted by atomic mass is 10.0. The van der Waals surface area contributed by atoms with Crippen molar-refractivity contribution >= 4 is 17.6 Å². The lowest BCUT2D eigenvalue weighted by molar-refractivity contribution is -0.385. The van der Waals surface area contributed by atoms with Crippen LogP contribution in [0.5, 0.6) is 0 Å². The molecule has 0 aliphatic heterocycles. The molecule has 0 aliphatic carbocycles. The number of hydrogen-bond donors (Lipinski definition) is 2. The molecule has 0 fully saturated rings. The van der Waals surface area contributed by atoms with Crippen LogP contribution in [0.2, 0.25) is 0 Å². The summed E-state index contributed by atoms with van der Waals surface area (Å²) in [5.74, 6) is -2.11. The van der Waals surface area contributed by atoms with Gasteiger partial charge in [-0.3, -0.25) is 10.1 Å². The standard InChI is InChI=1S/C16H17NO6/c1-10(15(18)19)3-5-12-6-8-13(14(9-12)17(22)23)7-4-11(2)16(20)21/h3-4,6,8-9H,5,7H2,1-2H3,(H,18,19)(H,20,21)/b10-3+,11-4+. The number of hydrogen-bond acceptors (Lipinski definition) is 4. The Morgan fingerprint density at radius 3 is 2.09 bits per heavy atom. The Bertz CT molecular complexity index is 703. The summed E-state index contributed by atoms with van der Waals surface area (Å²) in [6.45, 7) is 2.87. The average molecular weight is 319 g/mol. The third-order valence-corrected chi connectivity index (χ3v) is 3.29. The van der Waals surface area contributed by atoms with Crippen molar-refractivity contribution in [3.8, 4) is 0 Å². The SMILES string of the molecule is C/C(=C\Cc1ccc(C/C=C(\C)C(=O)O)c([N+](=O)[O-])c1)C(=O)O. The first-order chi connectivity index (χ1) is 10.7. The van der Waals surface area contributed by atoms with Crippen molar-refractivity contribution in [3.63, 3.8) is 0 Å². The highest BCUT2D eigenvalue weighted by molar-refractivity contribution is 5.86. The molecule has 0 bridgehead atoms. The molecule has 0 saturated carbocycles. The van der Waals surface area contributed by atoms with E-state index < -0.39 is 16.9 Å². The van der Waals surface area contributed by atoms with Crippen molar-refractivity contribution in [1.82, 2.24) is 0 Å². The molecule has 0 unspecified atom stereocenters. The Balaban J connectivity index is 3.05. The van der Waals surface area contributed by atoms with E-state index in [1.54, 1.807) is 12.1 Å². The maximum atomic E-state index is 11.2. The molecule has 23 heavy (non-hydrogen) atoms. The fourth-order valence-corrected chi connectivity index (χ4v) is 1.79. The summed E-state index contributed by atoms with van der Waals surface area (Å²) in [5.41, 5.74) is 1.18. The van der Waals surface area contributed by atoms with Gasteiger partial charge in [0.05, 0.1) is 4.92 Å². The molecule has 0 aliphatic rings. The maximum absolute atomic E-state index is 11.2. The van der Waals surface area contributed by atoms with E-state index in [1.807, 2.05) is 0 Å². The van der Waals surface area contributed by atoms with E-state index in [0.29, 0.717) is 11.1 Å². The molecule has 7 nitrogen and oxygen atoms in total. The first kappa shape index (κ1) is 18.1. The molecule has 0 aromatic heterocycles. The van der Waals surface area contributed by atoms with E-state index in [-0.39, 0.29) is 29.7 Å². The van der Waals surface area contributed by atoms with Crippen molar-refractivity contribution in [2.45, 2.75) is 26.7 Å². The van der Waals surface area contributed by atoms with E-state index in [1.165, 1.54) is 32.1 Å². The fourth-order valence-electron chi connectivity index (χ4n) is 1.79. The van der Waals surface area contributed by atoms with Crippen LogP contribution in [0.3, 0.4) is 0 Å². The number of nitro benzene ring substituents is 1. The number of carboxylic acid groups (broad SMARTS) is 2. The molecule has 1 aromatic carbocycles. The summed E-state index contributed by atoms with van der Waals surface area (Å²) < 4.78 is 0. The van der Waals surface area contributed by atoms with Gasteiger partial charge >= 0.3 is 11.9 Å². The maximum Gasteiger partial charge on any atom is 0.330 e. The zero-order chi connectivity index (χ0) is 17.6. The van der Waals surface area contributed by atoms with Gasteiger partial charge in [-0.1, -0.05) is 24.3 Å². The molecule has 0 saturated heterocycles. The molecule has 0 heterocycles. The van der Waals surface area contributed by atoms with Crippen LogP contribution < -0.4 is 0 Å². The van der Waals surface area contributed by atoms with Gasteiger partial charge in [-0.2, -0.15) is 0 Å². The third kappa shape index (κ3) is 5.39. The van der Waals surface area contributed by atoms with Gasteiger partial charge in [0.25, 0.3) is 5.69 Å². The number of nitro groups is 1. The van der Waals surface area contributed by atoms with Crippen molar-refractivity contribution < 1.29 is 24.7 Å². The minimum atomic E-state index is -1.07. The molecule has 0 atom stereocenters. The highest BCUT2D eigenvalue weighted by Crippen LogP contribution is 2.22. The summed E-state index contributed by atoms with van der Waals surface area (Å²) in [6, 6.07) is 4.60. The van der Waals surface area contributed by atoms with E-state index in [0.717, 1.165) is 0 Å². The lowest BCUT2D eigenvalue weighted by Crippen LogP contribution is -2.00. The minimum Gasteiger partial charge on any atom is -0.478 e. The lowest BCUT2D eigenvalue weighted by Gasteiger charge is -2.04. The van der Waals surface area contributed by atoms with Crippen LogP contribution in [0.25, 0.3) is 0 Å². The van der Waals surface area contributed by atoms with E-state index in [9.17, 15) is 19.7 Å². The summed E-state index contributed by atoms with van der Waals surface area (Å²) in [4.78, 5) is 32.1. The number of allylic oxidation sites excluding steroid dienone is 2. The molecular weight excluding hydrogens is 302 g/mol. The molecule has 0 amide bonds. The van der Waals surface area contributed by atoms with Gasteiger partial charge in [-0.15, -0.1) is 0 Å². The Hall–Kier alpha value is -2.96. The van der Waals surface area contributed by atoms with Gasteiger partial charge in [0.2, 0.25) is 0 Å². The van der Waals surface area contributed by atoms with E-state index in [4.69, 9.17) is 10.2 Å². The van der Waals surface area contributed by atoms with Crippen molar-refractivity contribution in [3.05, 3.63) is 62.7 Å². The second kappa shape index (κ2) is 7.88. The van der Waals surface area contributed by atoms with Gasteiger partial charge in [0.15, 0.2) is 0 Å². The molecule has 0 radical (unpaired) electrons. The molecule has 0 spiro atoms. The fraction of sp³-hybridized carbons (Fsp3) is 0.250. The van der Waals surface area contributed by atoms with Crippen LogP contribution in [0.1, 0.15) is 25.0 Å². The van der Waals surface area contributed by atoms with Crippen LogP contribution in [0.15, 0.2) is 41.5 Å². The number of carboxylic acids is 2. The molecule has 122 valence electrons. The molecular formula is C16H17NO6. The van der Waals surface area contributed by atoms with Gasteiger partial charge in [0.1, 0.15) is 0 Å². The Kier molecular flexibility index (Phi) is 6.20. The normalized spacial score (nSPS) is 12.1. The predicted octanol–water partition coefficient (Wildman–Crippen LogP) is 2.74. The summed E-state index contributed by atoms with van der Waals surface area (Å²) in [7, 11) is 0. The van der Waals surface area contributed by atoms with Crippen LogP contribution in [0, 0.1) is 10.1 Å². The van der Waals surface area contributed by atoms with Crippen molar-refractivity contribution in [2.24, 2.45) is 0 Å².